The number of hydrogen-bond donors (Lipinski definition) is 1. The molecule has 1 amide bonds. The molecule has 1 unspecified atom stereocenters. The standard InChI is InChI=1S/C24H20Cl2FN3O3/c1-12(19-17(25)7-8-18(27)20(19)26)33-22-21-15(10-29-23(22)28)16(11-32-21)13-5-4-6-14(9-13)24(31)30(2)3/h4-12H,1-3H3,(H2,28,29). The second-order valence-electron chi connectivity index (χ2n) is 7.66. The van der Waals surface area contributed by atoms with Gasteiger partial charge in [-0.1, -0.05) is 35.3 Å². The minimum Gasteiger partial charge on any atom is -0.478 e. The summed E-state index contributed by atoms with van der Waals surface area (Å²) in [6.45, 7) is 1.67. The van der Waals surface area contributed by atoms with E-state index in [0.29, 0.717) is 22.1 Å². The summed E-state index contributed by atoms with van der Waals surface area (Å²) in [5, 5.41) is 0.767. The molecule has 0 aliphatic carbocycles. The van der Waals surface area contributed by atoms with Crippen LogP contribution in [0.1, 0.15) is 28.9 Å². The number of halogens is 3. The molecule has 0 saturated heterocycles. The van der Waals surface area contributed by atoms with Gasteiger partial charge in [0.1, 0.15) is 11.9 Å². The molecule has 0 radical (unpaired) electrons. The summed E-state index contributed by atoms with van der Waals surface area (Å²) >= 11 is 12.4. The van der Waals surface area contributed by atoms with E-state index < -0.39 is 11.9 Å². The van der Waals surface area contributed by atoms with Gasteiger partial charge in [-0.15, -0.1) is 0 Å². The molecule has 2 N–H and O–H groups in total. The van der Waals surface area contributed by atoms with Gasteiger partial charge < -0.3 is 19.8 Å². The van der Waals surface area contributed by atoms with Crippen LogP contribution in [0.4, 0.5) is 10.2 Å². The van der Waals surface area contributed by atoms with Gasteiger partial charge in [0.05, 0.1) is 16.7 Å². The number of carbonyl (C=O) groups is 1. The minimum atomic E-state index is -0.745. The molecule has 9 heteroatoms. The van der Waals surface area contributed by atoms with E-state index in [-0.39, 0.29) is 33.1 Å². The first-order valence-corrected chi connectivity index (χ1v) is 10.7. The molecule has 1 atom stereocenters. The average molecular weight is 488 g/mol. The van der Waals surface area contributed by atoms with Gasteiger partial charge in [0.25, 0.3) is 5.91 Å². The van der Waals surface area contributed by atoms with Crippen molar-refractivity contribution in [2.24, 2.45) is 0 Å². The third-order valence-electron chi connectivity index (χ3n) is 5.21. The van der Waals surface area contributed by atoms with Crippen LogP contribution in [0.15, 0.2) is 53.3 Å². The fourth-order valence-electron chi connectivity index (χ4n) is 3.55. The normalized spacial score (nSPS) is 12.1. The van der Waals surface area contributed by atoms with Crippen LogP contribution in [0.2, 0.25) is 10.0 Å². The van der Waals surface area contributed by atoms with Gasteiger partial charge in [0, 0.05) is 42.0 Å². The smallest absolute Gasteiger partial charge is 0.253 e. The molecule has 0 bridgehead atoms. The first-order chi connectivity index (χ1) is 15.7. The number of furan rings is 1. The van der Waals surface area contributed by atoms with Crippen molar-refractivity contribution in [1.82, 2.24) is 9.88 Å². The lowest BCUT2D eigenvalue weighted by atomic mass is 10.0. The van der Waals surface area contributed by atoms with Gasteiger partial charge in [-0.05, 0) is 36.8 Å². The van der Waals surface area contributed by atoms with Gasteiger partial charge in [-0.3, -0.25) is 4.79 Å². The fraction of sp³-hybridized carbons (Fsp3) is 0.167. The maximum absolute atomic E-state index is 14.0. The Kier molecular flexibility index (Phi) is 6.19. The molecule has 4 rings (SSSR count). The number of rotatable bonds is 5. The lowest BCUT2D eigenvalue weighted by Crippen LogP contribution is -2.21. The molecule has 6 nitrogen and oxygen atoms in total. The Labute approximate surface area is 199 Å². The summed E-state index contributed by atoms with van der Waals surface area (Å²) in [5.41, 5.74) is 8.74. The van der Waals surface area contributed by atoms with Crippen LogP contribution in [0.5, 0.6) is 5.75 Å². The molecule has 4 aromatic rings. The Morgan fingerprint density at radius 3 is 2.73 bits per heavy atom. The summed E-state index contributed by atoms with van der Waals surface area (Å²) in [5.74, 6) is -0.449. The SMILES string of the molecule is CC(Oc1c(N)ncc2c(-c3cccc(C(=O)N(C)C)c3)coc12)c1c(Cl)ccc(F)c1Cl. The van der Waals surface area contributed by atoms with E-state index in [1.54, 1.807) is 51.7 Å². The topological polar surface area (TPSA) is 81.6 Å². The zero-order valence-corrected chi connectivity index (χ0v) is 19.5. The number of pyridine rings is 1. The van der Waals surface area contributed by atoms with Crippen LogP contribution in [-0.4, -0.2) is 29.9 Å². The van der Waals surface area contributed by atoms with Gasteiger partial charge >= 0.3 is 0 Å². The van der Waals surface area contributed by atoms with Gasteiger partial charge in [0.15, 0.2) is 11.4 Å². The van der Waals surface area contributed by atoms with Crippen molar-refractivity contribution in [2.45, 2.75) is 13.0 Å². The molecule has 0 aliphatic heterocycles. The van der Waals surface area contributed by atoms with Crippen LogP contribution < -0.4 is 10.5 Å². The van der Waals surface area contributed by atoms with Crippen LogP contribution >= 0.6 is 23.2 Å². The lowest BCUT2D eigenvalue weighted by Gasteiger charge is -2.18. The third-order valence-corrected chi connectivity index (χ3v) is 5.92. The molecule has 2 aromatic heterocycles. The number of aromatic nitrogens is 1. The second-order valence-corrected chi connectivity index (χ2v) is 8.45. The molecule has 170 valence electrons. The van der Waals surface area contributed by atoms with Crippen molar-refractivity contribution >= 4 is 45.9 Å². The summed E-state index contributed by atoms with van der Waals surface area (Å²) < 4.78 is 25.8. The largest absolute Gasteiger partial charge is 0.478 e. The molecule has 33 heavy (non-hydrogen) atoms. The average Bonchev–Trinajstić information content (AvgIpc) is 3.22. The Morgan fingerprint density at radius 1 is 1.24 bits per heavy atom. The maximum Gasteiger partial charge on any atom is 0.253 e. The van der Waals surface area contributed by atoms with E-state index in [9.17, 15) is 9.18 Å². The monoisotopic (exact) mass is 487 g/mol. The van der Waals surface area contributed by atoms with E-state index in [0.717, 1.165) is 5.56 Å². The predicted octanol–water partition coefficient (Wildman–Crippen LogP) is 6.36. The number of nitrogen functional groups attached to an aromatic ring is 1. The highest BCUT2D eigenvalue weighted by Crippen LogP contribution is 2.41. The van der Waals surface area contributed by atoms with Crippen molar-refractivity contribution < 1.29 is 18.3 Å². The highest BCUT2D eigenvalue weighted by atomic mass is 35.5. The van der Waals surface area contributed by atoms with Crippen molar-refractivity contribution in [3.8, 4) is 16.9 Å². The van der Waals surface area contributed by atoms with E-state index in [2.05, 4.69) is 4.98 Å². The van der Waals surface area contributed by atoms with Gasteiger partial charge in [0.2, 0.25) is 5.75 Å². The quantitative estimate of drug-likeness (QED) is 0.331. The number of nitrogens with two attached hydrogens (primary N) is 1. The Balaban J connectivity index is 1.76. The molecule has 0 fully saturated rings. The predicted molar refractivity (Wildman–Crippen MR) is 127 cm³/mol. The van der Waals surface area contributed by atoms with Crippen molar-refractivity contribution in [3.05, 3.63) is 75.8 Å². The van der Waals surface area contributed by atoms with Crippen molar-refractivity contribution in [1.29, 1.82) is 0 Å². The number of hydrogen-bond acceptors (Lipinski definition) is 5. The highest BCUT2D eigenvalue weighted by molar-refractivity contribution is 6.36. The fourth-order valence-corrected chi connectivity index (χ4v) is 4.22. The van der Waals surface area contributed by atoms with Crippen LogP contribution in [-0.2, 0) is 0 Å². The first kappa shape index (κ1) is 22.9. The van der Waals surface area contributed by atoms with Crippen LogP contribution in [0.3, 0.4) is 0 Å². The van der Waals surface area contributed by atoms with Crippen LogP contribution in [0, 0.1) is 5.82 Å². The number of fused-ring (bicyclic) bond motifs is 1. The summed E-state index contributed by atoms with van der Waals surface area (Å²) in [6.07, 6.45) is 2.37. The van der Waals surface area contributed by atoms with Crippen molar-refractivity contribution in [3.63, 3.8) is 0 Å². The summed E-state index contributed by atoms with van der Waals surface area (Å²) in [7, 11) is 3.38. The van der Waals surface area contributed by atoms with E-state index >= 15 is 0 Å². The zero-order chi connectivity index (χ0) is 23.9. The van der Waals surface area contributed by atoms with Gasteiger partial charge in [-0.25, -0.2) is 9.37 Å². The molecule has 2 aromatic carbocycles. The van der Waals surface area contributed by atoms with Crippen molar-refractivity contribution in [2.75, 3.05) is 19.8 Å². The number of nitrogens with zero attached hydrogens (tertiary/aromatic N) is 2. The van der Waals surface area contributed by atoms with Crippen LogP contribution in [0.25, 0.3) is 22.1 Å². The van der Waals surface area contributed by atoms with E-state index in [1.165, 1.54) is 17.0 Å². The molecule has 2 heterocycles. The number of amides is 1. The van der Waals surface area contributed by atoms with E-state index in [4.69, 9.17) is 38.1 Å². The zero-order valence-electron chi connectivity index (χ0n) is 18.0. The first-order valence-electron chi connectivity index (χ1n) is 9.96. The molecule has 0 spiro atoms. The third kappa shape index (κ3) is 4.21. The Hall–Kier alpha value is -3.29. The maximum atomic E-state index is 14.0. The number of anilines is 1. The lowest BCUT2D eigenvalue weighted by molar-refractivity contribution is 0.0827. The number of benzene rings is 2. The molecule has 0 saturated carbocycles. The molecule has 0 aliphatic rings. The van der Waals surface area contributed by atoms with Gasteiger partial charge in [-0.2, -0.15) is 0 Å². The summed E-state index contributed by atoms with van der Waals surface area (Å²) in [6, 6.07) is 9.77. The molecular formula is C24H20Cl2FN3O3. The Bertz CT molecular complexity index is 1370. The second kappa shape index (κ2) is 8.92. The summed E-state index contributed by atoms with van der Waals surface area (Å²) in [4.78, 5) is 18.1. The number of ether oxygens (including phenoxy) is 1. The number of carbonyl (C=O) groups excluding carboxylic acids is 1. The Morgan fingerprint density at radius 2 is 2.00 bits per heavy atom. The minimum absolute atomic E-state index is 0.0930. The molecular weight excluding hydrogens is 468 g/mol. The highest BCUT2D eigenvalue weighted by Gasteiger charge is 2.23. The van der Waals surface area contributed by atoms with E-state index in [1.807, 2.05) is 6.07 Å².